The predicted octanol–water partition coefficient (Wildman–Crippen LogP) is 2.71. The lowest BCUT2D eigenvalue weighted by atomic mass is 10.1. The van der Waals surface area contributed by atoms with Gasteiger partial charge in [0.2, 0.25) is 0 Å². The molecule has 0 aromatic heterocycles. The molecule has 140 valence electrons. The zero-order valence-electron chi connectivity index (χ0n) is 15.0. The van der Waals surface area contributed by atoms with Crippen LogP contribution in [0.5, 0.6) is 11.5 Å². The number of methoxy groups -OCH3 is 2. The molecule has 27 heavy (non-hydrogen) atoms. The van der Waals surface area contributed by atoms with Crippen LogP contribution >= 0.6 is 11.8 Å². The third-order valence-corrected chi connectivity index (χ3v) is 5.09. The van der Waals surface area contributed by atoms with Crippen LogP contribution in [0, 0.1) is 0 Å². The number of aliphatic hydroxyl groups excluding tert-OH is 1. The molecule has 2 aromatic rings. The van der Waals surface area contributed by atoms with Gasteiger partial charge in [0.25, 0.3) is 11.8 Å². The standard InChI is InChI=1S/C20H19NO5S/c1-25-15-10-14(11-16(12-15)26-2)21-19(23)17(13-6-4-3-5-7-13)18(20(21)24)27-9-8-22/h3-7,10-12,22H,8-9H2,1-2H3. The second-order valence-corrected chi connectivity index (χ2v) is 6.76. The van der Waals surface area contributed by atoms with Crippen molar-refractivity contribution in [2.45, 2.75) is 0 Å². The van der Waals surface area contributed by atoms with Gasteiger partial charge in [-0.1, -0.05) is 30.3 Å². The van der Waals surface area contributed by atoms with Crippen LogP contribution in [0.25, 0.3) is 5.57 Å². The van der Waals surface area contributed by atoms with Gasteiger partial charge in [-0.2, -0.15) is 0 Å². The van der Waals surface area contributed by atoms with Crippen molar-refractivity contribution in [1.29, 1.82) is 0 Å². The lowest BCUT2D eigenvalue weighted by Crippen LogP contribution is -2.31. The van der Waals surface area contributed by atoms with E-state index in [1.54, 1.807) is 30.3 Å². The van der Waals surface area contributed by atoms with Crippen LogP contribution in [-0.4, -0.2) is 43.5 Å². The van der Waals surface area contributed by atoms with Gasteiger partial charge in [0.1, 0.15) is 11.5 Å². The van der Waals surface area contributed by atoms with Gasteiger partial charge in [-0.25, -0.2) is 4.90 Å². The van der Waals surface area contributed by atoms with Crippen LogP contribution in [0.15, 0.2) is 53.4 Å². The molecule has 3 rings (SSSR count). The summed E-state index contributed by atoms with van der Waals surface area (Å²) in [5, 5.41) is 9.17. The van der Waals surface area contributed by atoms with Crippen molar-refractivity contribution in [3.63, 3.8) is 0 Å². The highest BCUT2D eigenvalue weighted by molar-refractivity contribution is 8.04. The number of imide groups is 1. The number of hydrogen-bond acceptors (Lipinski definition) is 6. The second-order valence-electron chi connectivity index (χ2n) is 5.66. The van der Waals surface area contributed by atoms with Crippen LogP contribution in [0.1, 0.15) is 5.56 Å². The topological polar surface area (TPSA) is 76.1 Å². The number of ether oxygens (including phenoxy) is 2. The van der Waals surface area contributed by atoms with Gasteiger partial charge in [-0.15, -0.1) is 11.8 Å². The summed E-state index contributed by atoms with van der Waals surface area (Å²) in [5.74, 6) is 0.430. The number of nitrogens with zero attached hydrogens (tertiary/aromatic N) is 1. The molecule has 1 heterocycles. The van der Waals surface area contributed by atoms with Gasteiger partial charge in [-0.05, 0) is 5.56 Å². The van der Waals surface area contributed by atoms with E-state index >= 15 is 0 Å². The zero-order valence-corrected chi connectivity index (χ0v) is 15.8. The number of carbonyl (C=O) groups excluding carboxylic acids is 2. The van der Waals surface area contributed by atoms with E-state index in [9.17, 15) is 9.59 Å². The molecule has 0 radical (unpaired) electrons. The first-order valence-corrected chi connectivity index (χ1v) is 9.24. The molecule has 2 aromatic carbocycles. The molecular weight excluding hydrogens is 366 g/mol. The molecule has 0 saturated heterocycles. The van der Waals surface area contributed by atoms with Crippen molar-refractivity contribution in [2.75, 3.05) is 31.5 Å². The minimum Gasteiger partial charge on any atom is -0.497 e. The highest BCUT2D eigenvalue weighted by Gasteiger charge is 2.40. The van der Waals surface area contributed by atoms with E-state index in [2.05, 4.69) is 0 Å². The summed E-state index contributed by atoms with van der Waals surface area (Å²) >= 11 is 1.17. The number of rotatable bonds is 7. The predicted molar refractivity (Wildman–Crippen MR) is 105 cm³/mol. The van der Waals surface area contributed by atoms with Crippen LogP contribution in [-0.2, 0) is 9.59 Å². The molecule has 1 aliphatic rings. The number of thioether (sulfide) groups is 1. The number of anilines is 1. The Morgan fingerprint density at radius 3 is 2.15 bits per heavy atom. The number of benzene rings is 2. The summed E-state index contributed by atoms with van der Waals surface area (Å²) in [4.78, 5) is 27.7. The molecule has 0 saturated carbocycles. The lowest BCUT2D eigenvalue weighted by Gasteiger charge is -2.17. The molecule has 1 aliphatic heterocycles. The summed E-state index contributed by atoms with van der Waals surface area (Å²) in [6, 6.07) is 13.9. The minimum absolute atomic E-state index is 0.0926. The molecule has 0 bridgehead atoms. The Bertz CT molecular complexity index is 872. The van der Waals surface area contributed by atoms with E-state index < -0.39 is 11.8 Å². The molecule has 1 N–H and O–H groups in total. The Kier molecular flexibility index (Phi) is 5.83. The van der Waals surface area contributed by atoms with Gasteiger partial charge in [0, 0.05) is 24.0 Å². The maximum absolute atomic E-state index is 13.2. The van der Waals surface area contributed by atoms with E-state index in [4.69, 9.17) is 14.6 Å². The first kappa shape index (κ1) is 19.0. The van der Waals surface area contributed by atoms with Crippen LogP contribution < -0.4 is 14.4 Å². The average molecular weight is 385 g/mol. The molecule has 2 amide bonds. The van der Waals surface area contributed by atoms with Crippen LogP contribution in [0.3, 0.4) is 0 Å². The van der Waals surface area contributed by atoms with Crippen molar-refractivity contribution >= 4 is 34.8 Å². The van der Waals surface area contributed by atoms with Crippen LogP contribution in [0.2, 0.25) is 0 Å². The van der Waals surface area contributed by atoms with Gasteiger partial charge >= 0.3 is 0 Å². The minimum atomic E-state index is -0.424. The SMILES string of the molecule is COc1cc(OC)cc(N2C(=O)C(SCCO)=C(c3ccccc3)C2=O)c1. The molecule has 0 unspecified atom stereocenters. The van der Waals surface area contributed by atoms with Crippen molar-refractivity contribution < 1.29 is 24.2 Å². The Morgan fingerprint density at radius 1 is 0.963 bits per heavy atom. The largest absolute Gasteiger partial charge is 0.497 e. The molecule has 0 aliphatic carbocycles. The van der Waals surface area contributed by atoms with Gasteiger partial charge in [0.15, 0.2) is 0 Å². The molecule has 7 heteroatoms. The summed E-state index contributed by atoms with van der Waals surface area (Å²) in [6.45, 7) is -0.0926. The van der Waals surface area contributed by atoms with Crippen molar-refractivity contribution in [3.8, 4) is 11.5 Å². The normalized spacial score (nSPS) is 14.1. The van der Waals surface area contributed by atoms with Crippen molar-refractivity contribution in [3.05, 3.63) is 59.0 Å². The fraction of sp³-hybridized carbons (Fsp3) is 0.200. The van der Waals surface area contributed by atoms with E-state index in [0.29, 0.717) is 39.0 Å². The average Bonchev–Trinajstić information content (AvgIpc) is 2.96. The smallest absolute Gasteiger partial charge is 0.272 e. The number of hydrogen-bond donors (Lipinski definition) is 1. The fourth-order valence-corrected chi connectivity index (χ4v) is 3.67. The maximum Gasteiger partial charge on any atom is 0.272 e. The Hall–Kier alpha value is -2.77. The van der Waals surface area contributed by atoms with Gasteiger partial charge in [0.05, 0.1) is 37.0 Å². The summed E-state index contributed by atoms with van der Waals surface area (Å²) in [5.41, 5.74) is 1.36. The Balaban J connectivity index is 2.08. The molecular formula is C20H19NO5S. The van der Waals surface area contributed by atoms with E-state index in [0.717, 1.165) is 4.90 Å². The Morgan fingerprint density at radius 2 is 1.59 bits per heavy atom. The number of amides is 2. The van der Waals surface area contributed by atoms with E-state index in [-0.39, 0.29) is 6.61 Å². The molecule has 6 nitrogen and oxygen atoms in total. The monoisotopic (exact) mass is 385 g/mol. The third-order valence-electron chi connectivity index (χ3n) is 4.04. The summed E-state index contributed by atoms with van der Waals surface area (Å²) in [6.07, 6.45) is 0. The third kappa shape index (κ3) is 3.70. The highest BCUT2D eigenvalue weighted by Crippen LogP contribution is 2.40. The summed E-state index contributed by atoms with van der Waals surface area (Å²) in [7, 11) is 3.00. The summed E-state index contributed by atoms with van der Waals surface area (Å²) < 4.78 is 10.5. The van der Waals surface area contributed by atoms with Gasteiger partial charge < -0.3 is 14.6 Å². The molecule has 0 fully saturated rings. The lowest BCUT2D eigenvalue weighted by molar-refractivity contribution is -0.119. The Labute approximate surface area is 161 Å². The number of carbonyl (C=O) groups is 2. The first-order valence-electron chi connectivity index (χ1n) is 8.26. The van der Waals surface area contributed by atoms with E-state index in [1.165, 1.54) is 26.0 Å². The number of aliphatic hydroxyl groups is 1. The maximum atomic E-state index is 13.2. The molecule has 0 atom stereocenters. The van der Waals surface area contributed by atoms with Crippen LogP contribution in [0.4, 0.5) is 5.69 Å². The van der Waals surface area contributed by atoms with Crippen molar-refractivity contribution in [1.82, 2.24) is 0 Å². The van der Waals surface area contributed by atoms with E-state index in [1.807, 2.05) is 18.2 Å². The second kappa shape index (κ2) is 8.28. The first-order chi connectivity index (χ1) is 13.1. The van der Waals surface area contributed by atoms with Gasteiger partial charge in [-0.3, -0.25) is 9.59 Å². The fourth-order valence-electron chi connectivity index (χ4n) is 2.81. The highest BCUT2D eigenvalue weighted by atomic mass is 32.2. The molecule has 0 spiro atoms. The van der Waals surface area contributed by atoms with Crippen molar-refractivity contribution in [2.24, 2.45) is 0 Å². The zero-order chi connectivity index (χ0) is 19.4. The quantitative estimate of drug-likeness (QED) is 0.739.